The molecule has 0 aliphatic carbocycles. The standard InChI is InChI=1S/C20H21BrClN3O3/c21-16-3-4-18(23-8-16)24-20(26)13-2-1-5-25(9-13)10-14-6-17(22)7-15-11-27-12-28-19(14)15/h3-4,6-8,13H,1-2,5,9-12H2,(H,23,24,26). The number of aromatic nitrogens is 1. The van der Waals surface area contributed by atoms with Gasteiger partial charge < -0.3 is 14.8 Å². The fraction of sp³-hybridized carbons (Fsp3) is 0.400. The summed E-state index contributed by atoms with van der Waals surface area (Å²) >= 11 is 9.63. The van der Waals surface area contributed by atoms with Crippen LogP contribution in [0.5, 0.6) is 5.75 Å². The summed E-state index contributed by atoms with van der Waals surface area (Å²) in [6.07, 6.45) is 3.52. The van der Waals surface area contributed by atoms with E-state index in [2.05, 4.69) is 31.1 Å². The average molecular weight is 467 g/mol. The maximum absolute atomic E-state index is 12.7. The molecule has 1 saturated heterocycles. The van der Waals surface area contributed by atoms with Gasteiger partial charge in [-0.1, -0.05) is 11.6 Å². The van der Waals surface area contributed by atoms with Crippen molar-refractivity contribution in [1.82, 2.24) is 9.88 Å². The molecule has 0 saturated carbocycles. The SMILES string of the molecule is O=C(Nc1ccc(Br)cn1)C1CCCN(Cc2cc(Cl)cc3c2OCOC3)C1. The number of benzene rings is 1. The Bertz CT molecular complexity index is 863. The summed E-state index contributed by atoms with van der Waals surface area (Å²) in [4.78, 5) is 19.2. The van der Waals surface area contributed by atoms with Crippen molar-refractivity contribution in [2.45, 2.75) is 26.0 Å². The minimum absolute atomic E-state index is 0.0114. The number of amides is 1. The van der Waals surface area contributed by atoms with Crippen molar-refractivity contribution in [1.29, 1.82) is 0 Å². The minimum atomic E-state index is -0.0709. The molecule has 1 fully saturated rings. The lowest BCUT2D eigenvalue weighted by Gasteiger charge is -2.33. The van der Waals surface area contributed by atoms with Crippen LogP contribution >= 0.6 is 27.5 Å². The van der Waals surface area contributed by atoms with Crippen molar-refractivity contribution in [3.63, 3.8) is 0 Å². The van der Waals surface area contributed by atoms with Gasteiger partial charge in [0.25, 0.3) is 0 Å². The second-order valence-corrected chi connectivity index (χ2v) is 8.44. The average Bonchev–Trinajstić information content (AvgIpc) is 2.70. The molecule has 8 heteroatoms. The van der Waals surface area contributed by atoms with Gasteiger partial charge in [0.05, 0.1) is 12.5 Å². The second-order valence-electron chi connectivity index (χ2n) is 7.09. The fourth-order valence-corrected chi connectivity index (χ4v) is 4.20. The molecule has 2 aromatic rings. The van der Waals surface area contributed by atoms with E-state index < -0.39 is 0 Å². The number of rotatable bonds is 4. The van der Waals surface area contributed by atoms with Gasteiger partial charge in [0.1, 0.15) is 11.6 Å². The summed E-state index contributed by atoms with van der Waals surface area (Å²) in [5, 5.41) is 3.60. The lowest BCUT2D eigenvalue weighted by molar-refractivity contribution is -0.121. The largest absolute Gasteiger partial charge is 0.467 e. The van der Waals surface area contributed by atoms with Crippen molar-refractivity contribution in [2.24, 2.45) is 5.92 Å². The van der Waals surface area contributed by atoms with Crippen LogP contribution in [0, 0.1) is 5.92 Å². The van der Waals surface area contributed by atoms with Crippen molar-refractivity contribution < 1.29 is 14.3 Å². The van der Waals surface area contributed by atoms with E-state index in [9.17, 15) is 4.79 Å². The summed E-state index contributed by atoms with van der Waals surface area (Å²) in [7, 11) is 0. The first-order chi connectivity index (χ1) is 13.6. The van der Waals surface area contributed by atoms with Crippen LogP contribution in [0.3, 0.4) is 0 Å². The number of carbonyl (C=O) groups excluding carboxylic acids is 1. The monoisotopic (exact) mass is 465 g/mol. The Morgan fingerprint density at radius 1 is 1.39 bits per heavy atom. The highest BCUT2D eigenvalue weighted by Crippen LogP contribution is 2.33. The zero-order valence-electron chi connectivity index (χ0n) is 15.3. The van der Waals surface area contributed by atoms with Gasteiger partial charge in [-0.05, 0) is 59.6 Å². The van der Waals surface area contributed by atoms with Gasteiger partial charge in [-0.15, -0.1) is 0 Å². The number of nitrogens with zero attached hydrogens (tertiary/aromatic N) is 2. The molecule has 1 atom stereocenters. The van der Waals surface area contributed by atoms with Crippen LogP contribution in [0.4, 0.5) is 5.82 Å². The van der Waals surface area contributed by atoms with E-state index in [4.69, 9.17) is 21.1 Å². The number of carbonyl (C=O) groups is 1. The third-order valence-corrected chi connectivity index (χ3v) is 5.69. The highest BCUT2D eigenvalue weighted by molar-refractivity contribution is 9.10. The first kappa shape index (κ1) is 19.6. The summed E-state index contributed by atoms with van der Waals surface area (Å²) < 4.78 is 11.9. The maximum atomic E-state index is 12.7. The number of pyridine rings is 1. The Hall–Kier alpha value is -1.67. The smallest absolute Gasteiger partial charge is 0.229 e. The lowest BCUT2D eigenvalue weighted by Crippen LogP contribution is -2.40. The molecule has 4 rings (SSSR count). The predicted molar refractivity (Wildman–Crippen MR) is 110 cm³/mol. The van der Waals surface area contributed by atoms with Crippen LogP contribution in [0.25, 0.3) is 0 Å². The summed E-state index contributed by atoms with van der Waals surface area (Å²) in [5.74, 6) is 1.37. The third-order valence-electron chi connectivity index (χ3n) is 5.00. The van der Waals surface area contributed by atoms with Gasteiger partial charge in [0.2, 0.25) is 5.91 Å². The number of ether oxygens (including phenoxy) is 2. The van der Waals surface area contributed by atoms with E-state index in [1.165, 1.54) is 0 Å². The van der Waals surface area contributed by atoms with Gasteiger partial charge in [0, 0.05) is 39.9 Å². The van der Waals surface area contributed by atoms with E-state index >= 15 is 0 Å². The zero-order valence-corrected chi connectivity index (χ0v) is 17.6. The molecular weight excluding hydrogens is 446 g/mol. The molecule has 0 radical (unpaired) electrons. The van der Waals surface area contributed by atoms with Crippen LogP contribution in [-0.2, 0) is 22.7 Å². The van der Waals surface area contributed by atoms with Crippen LogP contribution in [0.15, 0.2) is 34.9 Å². The van der Waals surface area contributed by atoms with E-state index in [0.29, 0.717) is 30.5 Å². The molecule has 148 valence electrons. The molecule has 0 bridgehead atoms. The molecule has 1 N–H and O–H groups in total. The van der Waals surface area contributed by atoms with Crippen molar-refractivity contribution in [3.8, 4) is 5.75 Å². The number of nitrogens with one attached hydrogen (secondary N) is 1. The van der Waals surface area contributed by atoms with Gasteiger partial charge in [-0.25, -0.2) is 4.98 Å². The summed E-state index contributed by atoms with van der Waals surface area (Å²) in [5.41, 5.74) is 2.02. The third kappa shape index (κ3) is 4.66. The fourth-order valence-electron chi connectivity index (χ4n) is 3.71. The van der Waals surface area contributed by atoms with E-state index in [-0.39, 0.29) is 18.6 Å². The molecule has 28 heavy (non-hydrogen) atoms. The first-order valence-corrected chi connectivity index (χ1v) is 10.4. The molecule has 0 spiro atoms. The van der Waals surface area contributed by atoms with Crippen LogP contribution in [0.2, 0.25) is 5.02 Å². The topological polar surface area (TPSA) is 63.7 Å². The molecular formula is C20H21BrClN3O3. The second kappa shape index (κ2) is 8.78. The molecule has 2 aliphatic heterocycles. The molecule has 1 aromatic heterocycles. The number of hydrogen-bond donors (Lipinski definition) is 1. The number of hydrogen-bond acceptors (Lipinski definition) is 5. The van der Waals surface area contributed by atoms with Crippen molar-refractivity contribution in [3.05, 3.63) is 51.1 Å². The summed E-state index contributed by atoms with van der Waals surface area (Å²) in [6.45, 7) is 3.10. The Morgan fingerprint density at radius 3 is 3.11 bits per heavy atom. The van der Waals surface area contributed by atoms with E-state index in [0.717, 1.165) is 40.7 Å². The number of halogens is 2. The molecule has 6 nitrogen and oxygen atoms in total. The highest BCUT2D eigenvalue weighted by atomic mass is 79.9. The van der Waals surface area contributed by atoms with Crippen molar-refractivity contribution in [2.75, 3.05) is 25.2 Å². The molecule has 2 aliphatic rings. The van der Waals surface area contributed by atoms with Crippen molar-refractivity contribution >= 4 is 39.3 Å². The van der Waals surface area contributed by atoms with Gasteiger partial charge in [-0.3, -0.25) is 9.69 Å². The summed E-state index contributed by atoms with van der Waals surface area (Å²) in [6, 6.07) is 7.49. The van der Waals surface area contributed by atoms with E-state index in [1.54, 1.807) is 12.3 Å². The zero-order chi connectivity index (χ0) is 19.5. The predicted octanol–water partition coefficient (Wildman–Crippen LogP) is 4.21. The van der Waals surface area contributed by atoms with Crippen LogP contribution in [-0.4, -0.2) is 35.7 Å². The van der Waals surface area contributed by atoms with Crippen LogP contribution < -0.4 is 10.1 Å². The quantitative estimate of drug-likeness (QED) is 0.731. The Balaban J connectivity index is 1.42. The number of fused-ring (bicyclic) bond motifs is 1. The van der Waals surface area contributed by atoms with Crippen LogP contribution in [0.1, 0.15) is 24.0 Å². The molecule has 1 unspecified atom stereocenters. The Kier molecular flexibility index (Phi) is 6.16. The van der Waals surface area contributed by atoms with Gasteiger partial charge in [0.15, 0.2) is 6.79 Å². The molecule has 3 heterocycles. The van der Waals surface area contributed by atoms with Gasteiger partial charge in [-0.2, -0.15) is 0 Å². The first-order valence-electron chi connectivity index (χ1n) is 9.25. The Labute approximate surface area is 177 Å². The Morgan fingerprint density at radius 2 is 2.29 bits per heavy atom. The number of piperidine rings is 1. The number of likely N-dealkylation sites (tertiary alicyclic amines) is 1. The van der Waals surface area contributed by atoms with Gasteiger partial charge >= 0.3 is 0 Å². The number of anilines is 1. The lowest BCUT2D eigenvalue weighted by atomic mass is 9.96. The molecule has 1 amide bonds. The molecule has 1 aromatic carbocycles. The highest BCUT2D eigenvalue weighted by Gasteiger charge is 2.27. The minimum Gasteiger partial charge on any atom is -0.467 e. The maximum Gasteiger partial charge on any atom is 0.229 e. The normalized spacial score (nSPS) is 19.6. The van der Waals surface area contributed by atoms with E-state index in [1.807, 2.05) is 18.2 Å².